The van der Waals surface area contributed by atoms with Gasteiger partial charge in [0.1, 0.15) is 11.6 Å². The van der Waals surface area contributed by atoms with E-state index in [9.17, 15) is 8.42 Å². The molecule has 0 spiro atoms. The van der Waals surface area contributed by atoms with Crippen LogP contribution in [0.5, 0.6) is 0 Å². The van der Waals surface area contributed by atoms with Crippen LogP contribution in [0.3, 0.4) is 0 Å². The largest absolute Gasteiger partial charge is 0.313 e. The first-order valence-electron chi connectivity index (χ1n) is 8.01. The third-order valence-electron chi connectivity index (χ3n) is 4.14. The van der Waals surface area contributed by atoms with Crippen molar-refractivity contribution in [1.29, 1.82) is 0 Å². The molecule has 1 unspecified atom stereocenters. The van der Waals surface area contributed by atoms with Crippen LogP contribution >= 0.6 is 11.6 Å². The quantitative estimate of drug-likeness (QED) is 0.879. The third-order valence-corrected chi connectivity index (χ3v) is 5.89. The monoisotopic (exact) mass is 368 g/mol. The summed E-state index contributed by atoms with van der Waals surface area (Å²) in [5.41, 5.74) is 0.607. The topological polar surface area (TPSA) is 76.9 Å². The summed E-state index contributed by atoms with van der Waals surface area (Å²) in [5.74, 6) is 1.97. The molecule has 6 nitrogen and oxygen atoms in total. The highest BCUT2D eigenvalue weighted by molar-refractivity contribution is 7.88. The fourth-order valence-corrected chi connectivity index (χ4v) is 4.71. The van der Waals surface area contributed by atoms with Crippen molar-refractivity contribution in [2.45, 2.75) is 50.9 Å². The van der Waals surface area contributed by atoms with Gasteiger partial charge in [-0.3, -0.25) is 0 Å². The first-order chi connectivity index (χ1) is 11.4. The number of halogens is 1. The molecule has 0 fully saturated rings. The van der Waals surface area contributed by atoms with Crippen molar-refractivity contribution >= 4 is 21.6 Å². The van der Waals surface area contributed by atoms with Gasteiger partial charge in [0.05, 0.1) is 5.75 Å². The Morgan fingerprint density at radius 2 is 2.08 bits per heavy atom. The minimum absolute atomic E-state index is 0.116. The molecule has 0 saturated carbocycles. The van der Waals surface area contributed by atoms with Crippen LogP contribution in [0, 0.1) is 0 Å². The lowest BCUT2D eigenvalue weighted by molar-refractivity contribution is 0.409. The smallest absolute Gasteiger partial charge is 0.216 e. The Balaban J connectivity index is 1.72. The maximum absolute atomic E-state index is 12.5. The molecule has 1 N–H and O–H groups in total. The van der Waals surface area contributed by atoms with Gasteiger partial charge in [-0.1, -0.05) is 43.6 Å². The molecule has 0 radical (unpaired) electrons. The summed E-state index contributed by atoms with van der Waals surface area (Å²) in [5, 5.41) is 8.90. The average Bonchev–Trinajstić information content (AvgIpc) is 2.92. The molecule has 3 rings (SSSR count). The zero-order chi connectivity index (χ0) is 17.3. The number of fused-ring (bicyclic) bond motifs is 1. The molecule has 8 heteroatoms. The molecule has 2 heterocycles. The van der Waals surface area contributed by atoms with Gasteiger partial charge < -0.3 is 4.57 Å². The number of sulfonamides is 1. The Morgan fingerprint density at radius 3 is 2.79 bits per heavy atom. The molecule has 0 bridgehead atoms. The zero-order valence-electron chi connectivity index (χ0n) is 13.7. The molecule has 1 aromatic heterocycles. The van der Waals surface area contributed by atoms with Crippen LogP contribution in [0.4, 0.5) is 0 Å². The predicted octanol–water partition coefficient (Wildman–Crippen LogP) is 2.49. The number of nitrogens with zero attached hydrogens (tertiary/aromatic N) is 3. The predicted molar refractivity (Wildman–Crippen MR) is 93.4 cm³/mol. The van der Waals surface area contributed by atoms with E-state index in [-0.39, 0.29) is 17.7 Å². The molecular formula is C16H21ClN4O2S. The molecule has 1 aromatic carbocycles. The highest BCUT2D eigenvalue weighted by Gasteiger charge is 2.27. The van der Waals surface area contributed by atoms with Crippen LogP contribution in [-0.2, 0) is 28.7 Å². The van der Waals surface area contributed by atoms with Gasteiger partial charge in [0.25, 0.3) is 0 Å². The fourth-order valence-electron chi connectivity index (χ4n) is 2.99. The second-order valence-corrected chi connectivity index (χ2v) is 8.60. The summed E-state index contributed by atoms with van der Waals surface area (Å²) in [6, 6.07) is 6.85. The average molecular weight is 369 g/mol. The summed E-state index contributed by atoms with van der Waals surface area (Å²) in [7, 11) is -3.46. The van der Waals surface area contributed by atoms with Gasteiger partial charge in [-0.15, -0.1) is 10.2 Å². The lowest BCUT2D eigenvalue weighted by Crippen LogP contribution is -2.41. The van der Waals surface area contributed by atoms with Crippen LogP contribution in [0.25, 0.3) is 0 Å². The molecule has 24 heavy (non-hydrogen) atoms. The van der Waals surface area contributed by atoms with E-state index in [4.69, 9.17) is 11.6 Å². The normalized spacial score (nSPS) is 17.9. The van der Waals surface area contributed by atoms with E-state index in [2.05, 4.69) is 28.8 Å². The van der Waals surface area contributed by atoms with Crippen molar-refractivity contribution in [3.8, 4) is 0 Å². The number of hydrogen-bond acceptors (Lipinski definition) is 4. The fraction of sp³-hybridized carbons (Fsp3) is 0.500. The summed E-state index contributed by atoms with van der Waals surface area (Å²) in [6.45, 7) is 4.68. The van der Waals surface area contributed by atoms with E-state index in [1.807, 2.05) is 4.57 Å². The van der Waals surface area contributed by atoms with E-state index < -0.39 is 10.0 Å². The summed E-state index contributed by atoms with van der Waals surface area (Å²) in [6.07, 6.45) is 1.44. The number of hydrogen-bond donors (Lipinski definition) is 1. The van der Waals surface area contributed by atoms with E-state index in [0.717, 1.165) is 24.5 Å². The lowest BCUT2D eigenvalue weighted by atomic mass is 10.1. The standard InChI is InChI=1S/C16H21ClN4O2S/c1-11(2)16-19-18-15-8-7-13(9-21(15)16)20-24(22,23)10-12-5-3-4-6-14(12)17/h3-6,11,13,20H,7-10H2,1-2H3. The number of nitrogens with one attached hydrogen (secondary N) is 1. The van der Waals surface area contributed by atoms with E-state index in [1.165, 1.54) is 0 Å². The second kappa shape index (κ2) is 6.82. The summed E-state index contributed by atoms with van der Waals surface area (Å²) in [4.78, 5) is 0. The Bertz CT molecular complexity index is 832. The highest BCUT2D eigenvalue weighted by atomic mass is 35.5. The van der Waals surface area contributed by atoms with Gasteiger partial charge in [-0.05, 0) is 18.1 Å². The maximum Gasteiger partial charge on any atom is 0.216 e. The van der Waals surface area contributed by atoms with Crippen LogP contribution < -0.4 is 4.72 Å². The Labute approximate surface area is 147 Å². The van der Waals surface area contributed by atoms with E-state index in [1.54, 1.807) is 24.3 Å². The molecule has 1 atom stereocenters. The summed E-state index contributed by atoms with van der Waals surface area (Å²) < 4.78 is 29.8. The molecule has 0 amide bonds. The number of aromatic nitrogens is 3. The van der Waals surface area contributed by atoms with Crippen molar-refractivity contribution in [2.75, 3.05) is 0 Å². The van der Waals surface area contributed by atoms with Crippen LogP contribution in [0.2, 0.25) is 5.02 Å². The van der Waals surface area contributed by atoms with Crippen LogP contribution in [0.15, 0.2) is 24.3 Å². The van der Waals surface area contributed by atoms with Gasteiger partial charge in [0.15, 0.2) is 0 Å². The van der Waals surface area contributed by atoms with Gasteiger partial charge >= 0.3 is 0 Å². The SMILES string of the molecule is CC(C)c1nnc2n1CC(NS(=O)(=O)Cc1ccccc1Cl)CC2. The first-order valence-corrected chi connectivity index (χ1v) is 10.0. The molecule has 130 valence electrons. The van der Waals surface area contributed by atoms with Crippen molar-refractivity contribution in [3.63, 3.8) is 0 Å². The number of rotatable bonds is 5. The minimum atomic E-state index is -3.46. The Kier molecular flexibility index (Phi) is 4.94. The zero-order valence-corrected chi connectivity index (χ0v) is 15.3. The van der Waals surface area contributed by atoms with Gasteiger partial charge in [0.2, 0.25) is 10.0 Å². The Morgan fingerprint density at radius 1 is 1.33 bits per heavy atom. The molecule has 0 aliphatic carbocycles. The van der Waals surface area contributed by atoms with Crippen LogP contribution in [-0.4, -0.2) is 29.2 Å². The summed E-state index contributed by atoms with van der Waals surface area (Å²) >= 11 is 6.07. The van der Waals surface area contributed by atoms with Gasteiger partial charge in [-0.25, -0.2) is 13.1 Å². The molecule has 2 aromatic rings. The van der Waals surface area contributed by atoms with Crippen molar-refractivity contribution in [2.24, 2.45) is 0 Å². The molecule has 0 saturated heterocycles. The highest BCUT2D eigenvalue weighted by Crippen LogP contribution is 2.22. The van der Waals surface area contributed by atoms with Crippen molar-refractivity contribution in [1.82, 2.24) is 19.5 Å². The van der Waals surface area contributed by atoms with Crippen LogP contribution in [0.1, 0.15) is 43.4 Å². The van der Waals surface area contributed by atoms with Gasteiger partial charge in [-0.2, -0.15) is 0 Å². The van der Waals surface area contributed by atoms with Crippen molar-refractivity contribution in [3.05, 3.63) is 46.5 Å². The molecular weight excluding hydrogens is 348 g/mol. The first kappa shape index (κ1) is 17.4. The van der Waals surface area contributed by atoms with Gasteiger partial charge in [0, 0.05) is 29.9 Å². The second-order valence-electron chi connectivity index (χ2n) is 6.44. The third kappa shape index (κ3) is 3.79. The van der Waals surface area contributed by atoms with E-state index >= 15 is 0 Å². The van der Waals surface area contributed by atoms with E-state index in [0.29, 0.717) is 17.1 Å². The molecule has 1 aliphatic heterocycles. The maximum atomic E-state index is 12.5. The number of benzene rings is 1. The Hall–Kier alpha value is -1.44. The minimum Gasteiger partial charge on any atom is -0.313 e. The number of aryl methyl sites for hydroxylation is 1. The lowest BCUT2D eigenvalue weighted by Gasteiger charge is -2.25. The van der Waals surface area contributed by atoms with Crippen molar-refractivity contribution < 1.29 is 8.42 Å². The molecule has 1 aliphatic rings.